The lowest BCUT2D eigenvalue weighted by atomic mass is 9.75. The molecule has 0 spiro atoms. The number of aliphatic hydroxyl groups is 1. The highest BCUT2D eigenvalue weighted by Gasteiger charge is 2.38. The molecule has 3 aliphatic rings. The van der Waals surface area contributed by atoms with Gasteiger partial charge in [-0.15, -0.1) is 0 Å². The van der Waals surface area contributed by atoms with Crippen molar-refractivity contribution in [1.29, 1.82) is 0 Å². The fourth-order valence-electron chi connectivity index (χ4n) is 5.11. The molecule has 0 radical (unpaired) electrons. The number of aliphatic hydroxyl groups excluding tert-OH is 1. The standard InChI is InChI=1S/C24H32N6O3/c1-24(2)10-18-20(19(32)11-24)17(9-13-3-4-13)29-30(18)23-26-12-16(21(25)33)22(28-23)27-14-5-7-15(31)8-6-14/h12-15,31H,3-11H2,1-2H3,(H2,25,33)(H,26,27,28). The van der Waals surface area contributed by atoms with Crippen LogP contribution in [0.25, 0.3) is 5.95 Å². The summed E-state index contributed by atoms with van der Waals surface area (Å²) in [5.74, 6) is 0.840. The van der Waals surface area contributed by atoms with Crippen molar-refractivity contribution in [3.8, 4) is 5.95 Å². The monoisotopic (exact) mass is 452 g/mol. The number of aromatic nitrogens is 4. The molecule has 9 nitrogen and oxygen atoms in total. The molecule has 3 aliphatic carbocycles. The Morgan fingerprint density at radius 3 is 2.61 bits per heavy atom. The van der Waals surface area contributed by atoms with Crippen LogP contribution < -0.4 is 11.1 Å². The average molecular weight is 453 g/mol. The topological polar surface area (TPSA) is 136 Å². The Morgan fingerprint density at radius 1 is 1.21 bits per heavy atom. The van der Waals surface area contributed by atoms with Crippen LogP contribution in [0, 0.1) is 11.3 Å². The molecular formula is C24H32N6O3. The maximum absolute atomic E-state index is 13.1. The Hall–Kier alpha value is -2.81. The number of ketones is 1. The van der Waals surface area contributed by atoms with E-state index in [-0.39, 0.29) is 28.9 Å². The van der Waals surface area contributed by atoms with Crippen LogP contribution in [0.1, 0.15) is 90.9 Å². The summed E-state index contributed by atoms with van der Waals surface area (Å²) in [5, 5.41) is 18.0. The van der Waals surface area contributed by atoms with Gasteiger partial charge in [0.2, 0.25) is 0 Å². The van der Waals surface area contributed by atoms with E-state index < -0.39 is 5.91 Å². The third-order valence-corrected chi connectivity index (χ3v) is 7.06. The Morgan fingerprint density at radius 2 is 1.94 bits per heavy atom. The summed E-state index contributed by atoms with van der Waals surface area (Å²) >= 11 is 0. The Balaban J connectivity index is 1.54. The molecule has 0 aromatic carbocycles. The quantitative estimate of drug-likeness (QED) is 0.613. The van der Waals surface area contributed by atoms with Gasteiger partial charge in [0, 0.05) is 18.7 Å². The van der Waals surface area contributed by atoms with E-state index in [4.69, 9.17) is 10.8 Å². The molecule has 176 valence electrons. The van der Waals surface area contributed by atoms with Crippen LogP contribution in [0.2, 0.25) is 0 Å². The van der Waals surface area contributed by atoms with Crippen molar-refractivity contribution in [2.75, 3.05) is 5.32 Å². The molecule has 0 unspecified atom stereocenters. The molecule has 0 saturated heterocycles. The van der Waals surface area contributed by atoms with Crippen molar-refractivity contribution in [2.45, 2.75) is 83.8 Å². The SMILES string of the molecule is CC1(C)CC(=O)c2c(CC3CC3)nn(-c3ncc(C(N)=O)c(NC4CCC(O)CC4)n3)c2C1. The first kappa shape index (κ1) is 22.0. The highest BCUT2D eigenvalue weighted by atomic mass is 16.3. The lowest BCUT2D eigenvalue weighted by Crippen LogP contribution is -2.30. The van der Waals surface area contributed by atoms with Gasteiger partial charge in [-0.2, -0.15) is 10.1 Å². The molecule has 2 fully saturated rings. The first-order chi connectivity index (χ1) is 15.7. The van der Waals surface area contributed by atoms with Crippen molar-refractivity contribution >= 4 is 17.5 Å². The van der Waals surface area contributed by atoms with Gasteiger partial charge in [0.05, 0.1) is 28.6 Å². The number of hydrogen-bond donors (Lipinski definition) is 3. The zero-order valence-corrected chi connectivity index (χ0v) is 19.3. The number of fused-ring (bicyclic) bond motifs is 1. The number of rotatable bonds is 6. The molecular weight excluding hydrogens is 420 g/mol. The lowest BCUT2D eigenvalue weighted by Gasteiger charge is -2.29. The molecule has 2 aromatic rings. The van der Waals surface area contributed by atoms with E-state index in [0.29, 0.717) is 43.4 Å². The van der Waals surface area contributed by atoms with Crippen LogP contribution in [0.4, 0.5) is 5.82 Å². The summed E-state index contributed by atoms with van der Waals surface area (Å²) in [6.07, 6.45) is 8.50. The van der Waals surface area contributed by atoms with Gasteiger partial charge in [-0.3, -0.25) is 9.59 Å². The number of Topliss-reactive ketones (excluding diaryl/α,β-unsaturated/α-hetero) is 1. The molecule has 4 N–H and O–H groups in total. The second-order valence-corrected chi connectivity index (χ2v) is 10.7. The summed E-state index contributed by atoms with van der Waals surface area (Å²) in [6, 6.07) is 0.0896. The number of nitrogens with one attached hydrogen (secondary N) is 1. The third kappa shape index (κ3) is 4.51. The van der Waals surface area contributed by atoms with Gasteiger partial charge in [-0.1, -0.05) is 13.8 Å². The number of anilines is 1. The summed E-state index contributed by atoms with van der Waals surface area (Å²) in [6.45, 7) is 4.18. The fourth-order valence-corrected chi connectivity index (χ4v) is 5.11. The Kier molecular flexibility index (Phi) is 5.47. The van der Waals surface area contributed by atoms with Gasteiger partial charge in [0.25, 0.3) is 11.9 Å². The first-order valence-corrected chi connectivity index (χ1v) is 12.0. The first-order valence-electron chi connectivity index (χ1n) is 12.0. The number of carbonyl (C=O) groups is 2. The second-order valence-electron chi connectivity index (χ2n) is 10.7. The van der Waals surface area contributed by atoms with Gasteiger partial charge in [0.1, 0.15) is 5.82 Å². The van der Waals surface area contributed by atoms with Crippen LogP contribution in [0.3, 0.4) is 0 Å². The molecule has 5 rings (SSSR count). The van der Waals surface area contributed by atoms with Gasteiger partial charge in [-0.25, -0.2) is 9.67 Å². The minimum absolute atomic E-state index is 0.0896. The average Bonchev–Trinajstić information content (AvgIpc) is 3.48. The van der Waals surface area contributed by atoms with Gasteiger partial charge >= 0.3 is 0 Å². The number of nitrogens with zero attached hydrogens (tertiary/aromatic N) is 4. The Labute approximate surface area is 193 Å². The van der Waals surface area contributed by atoms with E-state index in [2.05, 4.69) is 29.1 Å². The molecule has 33 heavy (non-hydrogen) atoms. The maximum Gasteiger partial charge on any atom is 0.254 e. The molecule has 2 aromatic heterocycles. The third-order valence-electron chi connectivity index (χ3n) is 7.06. The van der Waals surface area contributed by atoms with E-state index in [1.54, 1.807) is 4.68 Å². The zero-order chi connectivity index (χ0) is 23.3. The highest BCUT2D eigenvalue weighted by Crippen LogP contribution is 2.40. The lowest BCUT2D eigenvalue weighted by molar-refractivity contribution is 0.0909. The predicted octanol–water partition coefficient (Wildman–Crippen LogP) is 2.58. The van der Waals surface area contributed by atoms with Crippen molar-refractivity contribution in [2.24, 2.45) is 17.1 Å². The zero-order valence-electron chi connectivity index (χ0n) is 19.3. The van der Waals surface area contributed by atoms with Gasteiger partial charge in [0.15, 0.2) is 5.78 Å². The van der Waals surface area contributed by atoms with Crippen LogP contribution in [0.15, 0.2) is 6.20 Å². The van der Waals surface area contributed by atoms with Crippen LogP contribution >= 0.6 is 0 Å². The Bertz CT molecular complexity index is 1100. The largest absolute Gasteiger partial charge is 0.393 e. The number of carbonyl (C=O) groups excluding carboxylic acids is 2. The van der Waals surface area contributed by atoms with Gasteiger partial charge < -0.3 is 16.2 Å². The summed E-state index contributed by atoms with van der Waals surface area (Å²) in [4.78, 5) is 34.2. The molecule has 9 heteroatoms. The molecule has 2 heterocycles. The molecule has 0 atom stereocenters. The predicted molar refractivity (Wildman–Crippen MR) is 122 cm³/mol. The van der Waals surface area contributed by atoms with E-state index in [1.807, 2.05) is 0 Å². The second kappa shape index (κ2) is 8.20. The van der Waals surface area contributed by atoms with Crippen LogP contribution in [-0.2, 0) is 12.8 Å². The van der Waals surface area contributed by atoms with E-state index >= 15 is 0 Å². The van der Waals surface area contributed by atoms with Crippen molar-refractivity contribution < 1.29 is 14.7 Å². The summed E-state index contributed by atoms with van der Waals surface area (Å²) < 4.78 is 1.70. The van der Waals surface area contributed by atoms with Crippen molar-refractivity contribution in [3.63, 3.8) is 0 Å². The van der Waals surface area contributed by atoms with Crippen molar-refractivity contribution in [1.82, 2.24) is 19.7 Å². The number of hydrogen-bond acceptors (Lipinski definition) is 7. The number of primary amides is 1. The normalized spacial score (nSPS) is 24.4. The number of amides is 1. The number of nitrogens with two attached hydrogens (primary N) is 1. The molecule has 0 bridgehead atoms. The summed E-state index contributed by atoms with van der Waals surface area (Å²) in [5.41, 5.74) is 8.07. The minimum atomic E-state index is -0.604. The molecule has 2 saturated carbocycles. The van der Waals surface area contributed by atoms with E-state index in [0.717, 1.165) is 36.2 Å². The maximum atomic E-state index is 13.1. The van der Waals surface area contributed by atoms with Crippen LogP contribution in [0.5, 0.6) is 0 Å². The molecule has 1 amide bonds. The minimum Gasteiger partial charge on any atom is -0.393 e. The van der Waals surface area contributed by atoms with E-state index in [9.17, 15) is 14.7 Å². The fraction of sp³-hybridized carbons (Fsp3) is 0.625. The van der Waals surface area contributed by atoms with Gasteiger partial charge in [-0.05, 0) is 62.7 Å². The highest BCUT2D eigenvalue weighted by molar-refractivity contribution is 6.00. The van der Waals surface area contributed by atoms with Crippen LogP contribution in [-0.4, -0.2) is 48.7 Å². The van der Waals surface area contributed by atoms with Crippen molar-refractivity contribution in [3.05, 3.63) is 28.7 Å². The van der Waals surface area contributed by atoms with E-state index in [1.165, 1.54) is 19.0 Å². The smallest absolute Gasteiger partial charge is 0.254 e. The molecule has 0 aliphatic heterocycles. The summed E-state index contributed by atoms with van der Waals surface area (Å²) in [7, 11) is 0.